The Morgan fingerprint density at radius 1 is 0.808 bits per heavy atom. The van der Waals surface area contributed by atoms with Crippen molar-refractivity contribution < 1.29 is 19.2 Å². The molecule has 0 aromatic rings. The summed E-state index contributed by atoms with van der Waals surface area (Å²) in [6, 6.07) is -1.85. The van der Waals surface area contributed by atoms with Crippen molar-refractivity contribution in [1.82, 2.24) is 26.6 Å². The first-order chi connectivity index (χ1) is 12.3. The van der Waals surface area contributed by atoms with E-state index in [4.69, 9.17) is 22.9 Å². The Bertz CT molecular complexity index is 475. The molecule has 150 valence electrons. The summed E-state index contributed by atoms with van der Waals surface area (Å²) in [5.41, 5.74) is 21.3. The number of hydrogen-bond donors (Lipinski definition) is 9. The van der Waals surface area contributed by atoms with Gasteiger partial charge in [-0.1, -0.05) is 0 Å². The monoisotopic (exact) mass is 375 g/mol. The molecule has 0 radical (unpaired) electrons. The fourth-order valence-corrected chi connectivity index (χ4v) is 1.69. The van der Waals surface area contributed by atoms with Gasteiger partial charge in [0.25, 0.3) is 0 Å². The Balaban J connectivity index is 4.46. The third-order valence-electron chi connectivity index (χ3n) is 3.10. The van der Waals surface area contributed by atoms with Crippen LogP contribution in [0, 0.1) is 0 Å². The van der Waals surface area contributed by atoms with E-state index in [1.165, 1.54) is 0 Å². The van der Waals surface area contributed by atoms with Gasteiger partial charge in [0.05, 0.1) is 25.7 Å². The molecule has 0 heterocycles. The molecule has 0 aliphatic heterocycles. The second kappa shape index (κ2) is 14.1. The maximum Gasteiger partial charge on any atom is 0.244 e. The van der Waals surface area contributed by atoms with Gasteiger partial charge in [-0.25, -0.2) is 0 Å². The van der Waals surface area contributed by atoms with Gasteiger partial charge in [0.1, 0.15) is 6.04 Å². The number of hydrogen-bond acceptors (Lipinski definition) is 10. The second-order valence-electron chi connectivity index (χ2n) is 5.22. The molecule has 0 aliphatic rings. The highest BCUT2D eigenvalue weighted by molar-refractivity contribution is 5.93. The SMILES string of the molecule is NCNCC(N)C(=O)NCC(=O)NC(CNCN)C(=O)NCC(=O)CN. The van der Waals surface area contributed by atoms with E-state index in [9.17, 15) is 19.2 Å². The topological polar surface area (TPSA) is 233 Å². The van der Waals surface area contributed by atoms with E-state index in [1.54, 1.807) is 0 Å². The van der Waals surface area contributed by atoms with E-state index in [-0.39, 0.29) is 51.8 Å². The van der Waals surface area contributed by atoms with Gasteiger partial charge >= 0.3 is 0 Å². The summed E-state index contributed by atoms with van der Waals surface area (Å²) in [6.07, 6.45) is 0. The summed E-state index contributed by atoms with van der Waals surface area (Å²) in [4.78, 5) is 46.8. The Morgan fingerprint density at radius 2 is 1.38 bits per heavy atom. The molecular formula is C13H29N9O4. The molecule has 0 saturated heterocycles. The normalized spacial score (nSPS) is 12.8. The molecule has 0 saturated carbocycles. The molecule has 2 unspecified atom stereocenters. The van der Waals surface area contributed by atoms with E-state index in [0.717, 1.165) is 0 Å². The summed E-state index contributed by atoms with van der Waals surface area (Å²) in [6.45, 7) is -0.374. The molecule has 3 amide bonds. The van der Waals surface area contributed by atoms with E-state index < -0.39 is 29.8 Å². The zero-order valence-electron chi connectivity index (χ0n) is 14.5. The first-order valence-corrected chi connectivity index (χ1v) is 7.99. The number of carbonyl (C=O) groups is 4. The van der Waals surface area contributed by atoms with Crippen LogP contribution < -0.4 is 49.5 Å². The number of rotatable bonds is 14. The summed E-state index contributed by atoms with van der Waals surface area (Å²) >= 11 is 0. The molecular weight excluding hydrogens is 346 g/mol. The van der Waals surface area contributed by atoms with Crippen LogP contribution in [0.1, 0.15) is 0 Å². The largest absolute Gasteiger partial charge is 0.347 e. The predicted molar refractivity (Wildman–Crippen MR) is 94.1 cm³/mol. The smallest absolute Gasteiger partial charge is 0.244 e. The van der Waals surface area contributed by atoms with Crippen LogP contribution in [0.15, 0.2) is 0 Å². The van der Waals surface area contributed by atoms with Crippen LogP contribution >= 0.6 is 0 Å². The van der Waals surface area contributed by atoms with Gasteiger partial charge in [0.15, 0.2) is 5.78 Å². The first kappa shape index (κ1) is 23.8. The highest BCUT2D eigenvalue weighted by Gasteiger charge is 2.21. The molecule has 13 N–H and O–H groups in total. The Hall–Kier alpha value is -2.16. The highest BCUT2D eigenvalue weighted by atomic mass is 16.2. The Labute approximate surface area is 151 Å². The van der Waals surface area contributed by atoms with Crippen LogP contribution in [-0.4, -0.2) is 81.6 Å². The summed E-state index contributed by atoms with van der Waals surface area (Å²) < 4.78 is 0. The van der Waals surface area contributed by atoms with E-state index in [2.05, 4.69) is 26.6 Å². The van der Waals surface area contributed by atoms with Gasteiger partial charge in [-0.2, -0.15) is 0 Å². The van der Waals surface area contributed by atoms with Crippen molar-refractivity contribution in [2.24, 2.45) is 22.9 Å². The number of amides is 3. The zero-order valence-corrected chi connectivity index (χ0v) is 14.5. The van der Waals surface area contributed by atoms with Crippen molar-refractivity contribution in [2.75, 3.05) is 46.1 Å². The Morgan fingerprint density at radius 3 is 1.96 bits per heavy atom. The second-order valence-corrected chi connectivity index (χ2v) is 5.22. The third-order valence-corrected chi connectivity index (χ3v) is 3.10. The average Bonchev–Trinajstić information content (AvgIpc) is 2.64. The number of nitrogens with one attached hydrogen (secondary N) is 5. The molecule has 0 bridgehead atoms. The molecule has 26 heavy (non-hydrogen) atoms. The summed E-state index contributed by atoms with van der Waals surface area (Å²) in [5.74, 6) is -2.10. The van der Waals surface area contributed by atoms with Crippen LogP contribution in [0.3, 0.4) is 0 Å². The lowest BCUT2D eigenvalue weighted by atomic mass is 10.2. The number of Topliss-reactive ketones (excluding diaryl/α,β-unsaturated/α-hetero) is 1. The Kier molecular flexibility index (Phi) is 12.9. The van der Waals surface area contributed by atoms with E-state index >= 15 is 0 Å². The summed E-state index contributed by atoms with van der Waals surface area (Å²) in [5, 5.41) is 12.5. The van der Waals surface area contributed by atoms with E-state index in [1.807, 2.05) is 0 Å². The maximum atomic E-state index is 12.0. The maximum absolute atomic E-state index is 12.0. The van der Waals surface area contributed by atoms with Gasteiger partial charge in [-0.05, 0) is 0 Å². The van der Waals surface area contributed by atoms with Gasteiger partial charge in [0, 0.05) is 26.4 Å². The fourth-order valence-electron chi connectivity index (χ4n) is 1.69. The van der Waals surface area contributed by atoms with Crippen molar-refractivity contribution in [3.63, 3.8) is 0 Å². The number of nitrogens with two attached hydrogens (primary N) is 4. The lowest BCUT2D eigenvalue weighted by molar-refractivity contribution is -0.130. The molecule has 0 rings (SSSR count). The quantitative estimate of drug-likeness (QED) is 0.130. The van der Waals surface area contributed by atoms with Crippen LogP contribution in [-0.2, 0) is 19.2 Å². The van der Waals surface area contributed by atoms with Crippen LogP contribution in [0.2, 0.25) is 0 Å². The molecule has 0 spiro atoms. The first-order valence-electron chi connectivity index (χ1n) is 7.99. The number of ketones is 1. The van der Waals surface area contributed by atoms with Gasteiger partial charge in [-0.15, -0.1) is 0 Å². The molecule has 0 aromatic carbocycles. The van der Waals surface area contributed by atoms with Gasteiger partial charge < -0.3 is 49.5 Å². The summed E-state index contributed by atoms with van der Waals surface area (Å²) in [7, 11) is 0. The van der Waals surface area contributed by atoms with Crippen molar-refractivity contribution in [3.8, 4) is 0 Å². The van der Waals surface area contributed by atoms with Crippen molar-refractivity contribution in [2.45, 2.75) is 12.1 Å². The van der Waals surface area contributed by atoms with Crippen molar-refractivity contribution in [3.05, 3.63) is 0 Å². The van der Waals surface area contributed by atoms with Gasteiger partial charge in [-0.3, -0.25) is 19.2 Å². The molecule has 0 aromatic heterocycles. The fraction of sp³-hybridized carbons (Fsp3) is 0.692. The third kappa shape index (κ3) is 10.7. The molecule has 13 nitrogen and oxygen atoms in total. The molecule has 0 aliphatic carbocycles. The van der Waals surface area contributed by atoms with Crippen LogP contribution in [0.25, 0.3) is 0 Å². The average molecular weight is 375 g/mol. The predicted octanol–water partition coefficient (Wildman–Crippen LogP) is -6.43. The molecule has 0 fully saturated rings. The zero-order chi connectivity index (χ0) is 19.9. The van der Waals surface area contributed by atoms with Crippen molar-refractivity contribution >= 4 is 23.5 Å². The molecule has 2 atom stereocenters. The molecule has 13 heteroatoms. The lowest BCUT2D eigenvalue weighted by Gasteiger charge is -2.19. The van der Waals surface area contributed by atoms with Gasteiger partial charge in [0.2, 0.25) is 17.7 Å². The minimum atomic E-state index is -0.985. The minimum absolute atomic E-state index is 0.0404. The minimum Gasteiger partial charge on any atom is -0.347 e. The lowest BCUT2D eigenvalue weighted by Crippen LogP contribution is -2.56. The number of carbonyl (C=O) groups excluding carboxylic acids is 4. The highest BCUT2D eigenvalue weighted by Crippen LogP contribution is 1.85. The van der Waals surface area contributed by atoms with Crippen LogP contribution in [0.4, 0.5) is 0 Å². The van der Waals surface area contributed by atoms with E-state index in [0.29, 0.717) is 0 Å². The van der Waals surface area contributed by atoms with Crippen LogP contribution in [0.5, 0.6) is 0 Å². The van der Waals surface area contributed by atoms with Crippen molar-refractivity contribution in [1.29, 1.82) is 0 Å². The standard InChI is InChI=1S/C13H29N9O4/c14-1-8(23)2-20-13(26)10(4-19-7-16)22-11(24)5-21-12(25)9(17)3-18-6-15/h9-10,18-19H,1-7,14-17H2,(H,20,26)(H,21,25)(H,22,24).